The van der Waals surface area contributed by atoms with E-state index in [1.165, 1.54) is 0 Å². The summed E-state index contributed by atoms with van der Waals surface area (Å²) in [6.07, 6.45) is 1.16. The van der Waals surface area contributed by atoms with Gasteiger partial charge in [0.25, 0.3) is 0 Å². The Bertz CT molecular complexity index is 267. The van der Waals surface area contributed by atoms with Crippen LogP contribution in [0.4, 0.5) is 0 Å². The van der Waals surface area contributed by atoms with Gasteiger partial charge < -0.3 is 15.8 Å². The van der Waals surface area contributed by atoms with Crippen LogP contribution in [0, 0.1) is 0 Å². The summed E-state index contributed by atoms with van der Waals surface area (Å²) in [5.41, 5.74) is 5.29. The van der Waals surface area contributed by atoms with Crippen molar-refractivity contribution in [2.24, 2.45) is 5.73 Å². The Kier molecular flexibility index (Phi) is 1.91. The van der Waals surface area contributed by atoms with E-state index >= 15 is 0 Å². The number of ketones is 1. The lowest BCUT2D eigenvalue weighted by Crippen LogP contribution is -2.27. The largest absolute Gasteiger partial charge is 0.493 e. The van der Waals surface area contributed by atoms with Gasteiger partial charge in [-0.3, -0.25) is 4.79 Å². The third kappa shape index (κ3) is 1.56. The van der Waals surface area contributed by atoms with Crippen molar-refractivity contribution in [3.8, 4) is 5.88 Å². The maximum Gasteiger partial charge on any atom is 0.214 e. The standard InChI is InChI=1S/C6H9N3O2/c1-3(7)5(11)6-8-2-4(10)9-6/h2-3,10H,7H2,1H3,(H,8,9)/t3-/m0/s1. The first-order valence-electron chi connectivity index (χ1n) is 3.15. The van der Waals surface area contributed by atoms with E-state index in [2.05, 4.69) is 9.97 Å². The smallest absolute Gasteiger partial charge is 0.214 e. The van der Waals surface area contributed by atoms with Crippen molar-refractivity contribution >= 4 is 5.78 Å². The minimum atomic E-state index is -0.597. The monoisotopic (exact) mass is 155 g/mol. The van der Waals surface area contributed by atoms with Gasteiger partial charge in [0, 0.05) is 0 Å². The molecule has 0 aliphatic heterocycles. The minimum Gasteiger partial charge on any atom is -0.493 e. The van der Waals surface area contributed by atoms with E-state index in [1.807, 2.05) is 0 Å². The fraction of sp³-hybridized carbons (Fsp3) is 0.333. The molecule has 1 atom stereocenters. The Morgan fingerprint density at radius 2 is 2.55 bits per heavy atom. The van der Waals surface area contributed by atoms with E-state index in [9.17, 15) is 4.79 Å². The number of aromatic hydroxyl groups is 1. The third-order valence-electron chi connectivity index (χ3n) is 1.21. The van der Waals surface area contributed by atoms with Crippen LogP contribution < -0.4 is 5.73 Å². The molecule has 0 amide bonds. The summed E-state index contributed by atoms with van der Waals surface area (Å²) in [4.78, 5) is 17.0. The van der Waals surface area contributed by atoms with Crippen LogP contribution in [-0.4, -0.2) is 26.9 Å². The quantitative estimate of drug-likeness (QED) is 0.509. The zero-order valence-corrected chi connectivity index (χ0v) is 6.03. The Morgan fingerprint density at radius 3 is 2.91 bits per heavy atom. The molecule has 1 rings (SSSR count). The summed E-state index contributed by atoms with van der Waals surface area (Å²) in [5.74, 6) is -0.350. The molecule has 0 fully saturated rings. The van der Waals surface area contributed by atoms with Gasteiger partial charge in [-0.25, -0.2) is 4.98 Å². The molecule has 0 radical (unpaired) electrons. The SMILES string of the molecule is C[C@H](N)C(=O)c1ncc(O)[nH]1. The Hall–Kier alpha value is -1.36. The Morgan fingerprint density at radius 1 is 1.91 bits per heavy atom. The van der Waals surface area contributed by atoms with E-state index in [4.69, 9.17) is 10.8 Å². The maximum absolute atomic E-state index is 11.0. The van der Waals surface area contributed by atoms with Crippen LogP contribution in [0.3, 0.4) is 0 Å². The maximum atomic E-state index is 11.0. The van der Waals surface area contributed by atoms with Gasteiger partial charge in [0.1, 0.15) is 0 Å². The van der Waals surface area contributed by atoms with Crippen LogP contribution >= 0.6 is 0 Å². The zero-order valence-electron chi connectivity index (χ0n) is 6.03. The number of hydrogen-bond acceptors (Lipinski definition) is 4. The lowest BCUT2D eigenvalue weighted by Gasteiger charge is -1.98. The summed E-state index contributed by atoms with van der Waals surface area (Å²) in [7, 11) is 0. The van der Waals surface area contributed by atoms with Crippen molar-refractivity contribution in [3.05, 3.63) is 12.0 Å². The van der Waals surface area contributed by atoms with Gasteiger partial charge in [-0.2, -0.15) is 0 Å². The molecule has 1 aromatic rings. The van der Waals surface area contributed by atoms with Crippen LogP contribution in [0.5, 0.6) is 5.88 Å². The van der Waals surface area contributed by atoms with E-state index in [0.29, 0.717) is 0 Å². The molecule has 11 heavy (non-hydrogen) atoms. The highest BCUT2D eigenvalue weighted by Crippen LogP contribution is 2.04. The average Bonchev–Trinajstić information content (AvgIpc) is 2.34. The number of rotatable bonds is 2. The summed E-state index contributed by atoms with van der Waals surface area (Å²) >= 11 is 0. The number of carbonyl (C=O) groups is 1. The minimum absolute atomic E-state index is 0.0949. The molecular formula is C6H9N3O2. The van der Waals surface area contributed by atoms with Crippen molar-refractivity contribution < 1.29 is 9.90 Å². The molecule has 0 spiro atoms. The first-order chi connectivity index (χ1) is 5.11. The van der Waals surface area contributed by atoms with Crippen LogP contribution in [-0.2, 0) is 0 Å². The number of H-pyrrole nitrogens is 1. The molecular weight excluding hydrogens is 146 g/mol. The second kappa shape index (κ2) is 2.71. The number of Topliss-reactive ketones (excluding diaryl/α,β-unsaturated/α-hetero) is 1. The van der Waals surface area contributed by atoms with Crippen LogP contribution in [0.2, 0.25) is 0 Å². The first-order valence-corrected chi connectivity index (χ1v) is 3.15. The number of nitrogens with one attached hydrogen (secondary N) is 1. The lowest BCUT2D eigenvalue weighted by atomic mass is 10.2. The van der Waals surface area contributed by atoms with Gasteiger partial charge in [-0.15, -0.1) is 0 Å². The summed E-state index contributed by atoms with van der Waals surface area (Å²) in [5, 5.41) is 8.77. The van der Waals surface area contributed by atoms with Crippen molar-refractivity contribution in [3.63, 3.8) is 0 Å². The van der Waals surface area contributed by atoms with Crippen molar-refractivity contribution in [1.29, 1.82) is 0 Å². The second-order valence-corrected chi connectivity index (χ2v) is 2.27. The molecule has 4 N–H and O–H groups in total. The summed E-state index contributed by atoms with van der Waals surface area (Å²) in [6, 6.07) is -0.597. The summed E-state index contributed by atoms with van der Waals surface area (Å²) in [6.45, 7) is 1.56. The van der Waals surface area contributed by atoms with E-state index in [1.54, 1.807) is 6.92 Å². The number of aromatic amines is 1. The van der Waals surface area contributed by atoms with Crippen molar-refractivity contribution in [2.45, 2.75) is 13.0 Å². The number of aromatic nitrogens is 2. The van der Waals surface area contributed by atoms with Crippen molar-refractivity contribution in [2.75, 3.05) is 0 Å². The molecule has 0 aliphatic rings. The molecule has 5 nitrogen and oxygen atoms in total. The van der Waals surface area contributed by atoms with E-state index in [-0.39, 0.29) is 17.5 Å². The number of carbonyl (C=O) groups excluding carboxylic acids is 1. The highest BCUT2D eigenvalue weighted by Gasteiger charge is 2.13. The molecule has 5 heteroatoms. The molecule has 0 saturated carbocycles. The highest BCUT2D eigenvalue weighted by molar-refractivity contribution is 5.96. The first kappa shape index (κ1) is 7.74. The normalized spacial score (nSPS) is 12.9. The second-order valence-electron chi connectivity index (χ2n) is 2.27. The fourth-order valence-corrected chi connectivity index (χ4v) is 0.652. The Balaban J connectivity index is 2.85. The number of nitrogens with zero attached hydrogens (tertiary/aromatic N) is 1. The molecule has 60 valence electrons. The van der Waals surface area contributed by atoms with Gasteiger partial charge in [0.15, 0.2) is 5.82 Å². The topological polar surface area (TPSA) is 92.0 Å². The summed E-state index contributed by atoms with van der Waals surface area (Å²) < 4.78 is 0. The average molecular weight is 155 g/mol. The fourth-order valence-electron chi connectivity index (χ4n) is 0.652. The van der Waals surface area contributed by atoms with Gasteiger partial charge >= 0.3 is 0 Å². The molecule has 0 aliphatic carbocycles. The molecule has 1 heterocycles. The van der Waals surface area contributed by atoms with Crippen LogP contribution in [0.15, 0.2) is 6.20 Å². The molecule has 1 aromatic heterocycles. The number of nitrogens with two attached hydrogens (primary N) is 1. The van der Waals surface area contributed by atoms with Gasteiger partial charge in [-0.05, 0) is 6.92 Å². The van der Waals surface area contributed by atoms with E-state index < -0.39 is 6.04 Å². The van der Waals surface area contributed by atoms with Crippen LogP contribution in [0.1, 0.15) is 17.5 Å². The van der Waals surface area contributed by atoms with Crippen molar-refractivity contribution in [1.82, 2.24) is 9.97 Å². The molecule has 0 unspecified atom stereocenters. The van der Waals surface area contributed by atoms with Gasteiger partial charge in [0.2, 0.25) is 11.7 Å². The predicted octanol–water partition coefficient (Wildman–Crippen LogP) is -0.355. The van der Waals surface area contributed by atoms with Gasteiger partial charge in [-0.1, -0.05) is 0 Å². The third-order valence-corrected chi connectivity index (χ3v) is 1.21. The van der Waals surface area contributed by atoms with Crippen LogP contribution in [0.25, 0.3) is 0 Å². The van der Waals surface area contributed by atoms with Gasteiger partial charge in [0.05, 0.1) is 12.2 Å². The zero-order chi connectivity index (χ0) is 8.43. The lowest BCUT2D eigenvalue weighted by molar-refractivity contribution is 0.0958. The predicted molar refractivity (Wildman–Crippen MR) is 38.2 cm³/mol. The number of hydrogen-bond donors (Lipinski definition) is 3. The number of imidazole rings is 1. The molecule has 0 aromatic carbocycles. The highest BCUT2D eigenvalue weighted by atomic mass is 16.3. The van der Waals surface area contributed by atoms with E-state index in [0.717, 1.165) is 6.20 Å². The molecule has 0 bridgehead atoms. The molecule has 0 saturated heterocycles. The Labute approximate surface area is 63.3 Å².